The second kappa shape index (κ2) is 5.53. The fourth-order valence-corrected chi connectivity index (χ4v) is 1.11. The molecule has 0 spiro atoms. The normalized spacial score (nSPS) is 11.1. The van der Waals surface area contributed by atoms with Crippen molar-refractivity contribution in [3.05, 3.63) is 23.9 Å². The summed E-state index contributed by atoms with van der Waals surface area (Å²) in [5, 5.41) is 2.38. The van der Waals surface area contributed by atoms with Gasteiger partial charge in [0.15, 0.2) is 0 Å². The summed E-state index contributed by atoms with van der Waals surface area (Å²) < 4.78 is 30.3. The predicted octanol–water partition coefficient (Wildman–Crippen LogP) is 0.874. The van der Waals surface area contributed by atoms with E-state index in [2.05, 4.69) is 15.0 Å². The Hall–Kier alpha value is -1.76. The lowest BCUT2D eigenvalue weighted by molar-refractivity contribution is 0.0252. The highest BCUT2D eigenvalue weighted by atomic mass is 19.3. The van der Waals surface area contributed by atoms with Gasteiger partial charge in [-0.1, -0.05) is 0 Å². The molecule has 0 unspecified atom stereocenters. The number of carbonyl (C=O) groups excluding carboxylic acids is 1. The maximum Gasteiger partial charge on any atom is 0.341 e. The molecule has 1 aromatic rings. The van der Waals surface area contributed by atoms with Crippen molar-refractivity contribution in [2.24, 2.45) is 5.73 Å². The number of carbonyl (C=O) groups is 1. The van der Waals surface area contributed by atoms with E-state index in [-0.39, 0.29) is 11.4 Å². The van der Waals surface area contributed by atoms with Crippen LogP contribution in [0.3, 0.4) is 0 Å². The molecule has 17 heavy (non-hydrogen) atoms. The SMILES string of the molecule is COC(=O)c1cccnc1NCC(F)(F)CN. The lowest BCUT2D eigenvalue weighted by Gasteiger charge is -2.16. The molecule has 94 valence electrons. The molecular formula is C10H13F2N3O2. The van der Waals surface area contributed by atoms with Crippen molar-refractivity contribution in [3.63, 3.8) is 0 Å². The van der Waals surface area contributed by atoms with Crippen molar-refractivity contribution < 1.29 is 18.3 Å². The van der Waals surface area contributed by atoms with Gasteiger partial charge in [0, 0.05) is 6.20 Å². The zero-order chi connectivity index (χ0) is 12.9. The number of anilines is 1. The Morgan fingerprint density at radius 3 is 2.94 bits per heavy atom. The minimum absolute atomic E-state index is 0.0486. The standard InChI is InChI=1S/C10H13F2N3O2/c1-17-9(16)7-3-2-4-14-8(7)15-6-10(11,12)5-13/h2-4H,5-6,13H2,1H3,(H,14,15). The molecule has 1 heterocycles. The first-order valence-electron chi connectivity index (χ1n) is 4.85. The largest absolute Gasteiger partial charge is 0.465 e. The van der Waals surface area contributed by atoms with Gasteiger partial charge in [-0.3, -0.25) is 0 Å². The molecule has 0 bridgehead atoms. The first-order chi connectivity index (χ1) is 8.00. The average molecular weight is 245 g/mol. The van der Waals surface area contributed by atoms with Crippen molar-refractivity contribution >= 4 is 11.8 Å². The van der Waals surface area contributed by atoms with E-state index in [9.17, 15) is 13.6 Å². The van der Waals surface area contributed by atoms with Gasteiger partial charge in [0.05, 0.1) is 20.2 Å². The van der Waals surface area contributed by atoms with Crippen LogP contribution in [0.4, 0.5) is 14.6 Å². The molecule has 0 saturated heterocycles. The Balaban J connectivity index is 2.81. The third-order valence-electron chi connectivity index (χ3n) is 2.03. The summed E-state index contributed by atoms with van der Waals surface area (Å²) in [7, 11) is 1.20. The fourth-order valence-electron chi connectivity index (χ4n) is 1.11. The van der Waals surface area contributed by atoms with Crippen LogP contribution in [0.25, 0.3) is 0 Å². The molecule has 3 N–H and O–H groups in total. The summed E-state index contributed by atoms with van der Waals surface area (Å²) in [6.45, 7) is -1.47. The highest BCUT2D eigenvalue weighted by Crippen LogP contribution is 2.16. The number of ether oxygens (including phenoxy) is 1. The van der Waals surface area contributed by atoms with Crippen LogP contribution >= 0.6 is 0 Å². The smallest absolute Gasteiger partial charge is 0.341 e. The van der Waals surface area contributed by atoms with Gasteiger partial charge in [-0.15, -0.1) is 0 Å². The van der Waals surface area contributed by atoms with Crippen LogP contribution in [0, 0.1) is 0 Å². The Morgan fingerprint density at radius 2 is 2.35 bits per heavy atom. The number of nitrogens with two attached hydrogens (primary N) is 1. The number of aromatic nitrogens is 1. The molecule has 0 aliphatic rings. The van der Waals surface area contributed by atoms with Crippen LogP contribution in [0.15, 0.2) is 18.3 Å². The summed E-state index contributed by atoms with van der Waals surface area (Å²) in [4.78, 5) is 15.1. The molecule has 0 amide bonds. The minimum atomic E-state index is -3.05. The highest BCUT2D eigenvalue weighted by Gasteiger charge is 2.27. The van der Waals surface area contributed by atoms with E-state index < -0.39 is 25.0 Å². The van der Waals surface area contributed by atoms with Gasteiger partial charge in [0.2, 0.25) is 0 Å². The summed E-state index contributed by atoms with van der Waals surface area (Å²) in [6, 6.07) is 2.94. The summed E-state index contributed by atoms with van der Waals surface area (Å²) in [5.41, 5.74) is 4.99. The number of nitrogens with one attached hydrogen (secondary N) is 1. The number of halogens is 2. The van der Waals surface area contributed by atoms with Crippen LogP contribution in [-0.2, 0) is 4.74 Å². The molecule has 0 fully saturated rings. The number of nitrogens with zero attached hydrogens (tertiary/aromatic N) is 1. The van der Waals surface area contributed by atoms with Crippen LogP contribution in [0.5, 0.6) is 0 Å². The number of alkyl halides is 2. The number of methoxy groups -OCH3 is 1. The molecule has 0 atom stereocenters. The van der Waals surface area contributed by atoms with Crippen molar-refractivity contribution in [2.75, 3.05) is 25.5 Å². The van der Waals surface area contributed by atoms with Gasteiger partial charge in [-0.05, 0) is 12.1 Å². The molecule has 0 aliphatic carbocycles. The predicted molar refractivity (Wildman–Crippen MR) is 58.1 cm³/mol. The fraction of sp³-hybridized carbons (Fsp3) is 0.400. The Labute approximate surface area is 97.0 Å². The van der Waals surface area contributed by atoms with Crippen molar-refractivity contribution in [1.29, 1.82) is 0 Å². The number of rotatable bonds is 5. The second-order valence-electron chi connectivity index (χ2n) is 3.30. The molecule has 0 aromatic carbocycles. The first-order valence-corrected chi connectivity index (χ1v) is 4.85. The van der Waals surface area contributed by atoms with Gasteiger partial charge in [0.25, 0.3) is 5.92 Å². The van der Waals surface area contributed by atoms with E-state index in [0.717, 1.165) is 0 Å². The minimum Gasteiger partial charge on any atom is -0.465 e. The average Bonchev–Trinajstić information content (AvgIpc) is 2.36. The van der Waals surface area contributed by atoms with Gasteiger partial charge in [-0.25, -0.2) is 18.6 Å². The third kappa shape index (κ3) is 3.63. The third-order valence-corrected chi connectivity index (χ3v) is 2.03. The zero-order valence-corrected chi connectivity index (χ0v) is 9.24. The molecule has 0 aliphatic heterocycles. The molecular weight excluding hydrogens is 232 g/mol. The van der Waals surface area contributed by atoms with Crippen molar-refractivity contribution in [2.45, 2.75) is 5.92 Å². The molecule has 5 nitrogen and oxygen atoms in total. The molecule has 7 heteroatoms. The summed E-state index contributed by atoms with van der Waals surface area (Å²) in [6.07, 6.45) is 1.38. The summed E-state index contributed by atoms with van der Waals surface area (Å²) >= 11 is 0. The van der Waals surface area contributed by atoms with E-state index in [4.69, 9.17) is 5.73 Å². The Bertz CT molecular complexity index is 399. The zero-order valence-electron chi connectivity index (χ0n) is 9.24. The van der Waals surface area contributed by atoms with Gasteiger partial charge < -0.3 is 15.8 Å². The number of hydrogen-bond donors (Lipinski definition) is 2. The molecule has 1 aromatic heterocycles. The Morgan fingerprint density at radius 1 is 1.65 bits per heavy atom. The topological polar surface area (TPSA) is 77.2 Å². The van der Waals surface area contributed by atoms with E-state index in [1.807, 2.05) is 0 Å². The lowest BCUT2D eigenvalue weighted by Crippen LogP contribution is -2.35. The maximum atomic E-state index is 12.9. The van der Waals surface area contributed by atoms with E-state index in [1.54, 1.807) is 0 Å². The van der Waals surface area contributed by atoms with Gasteiger partial charge in [-0.2, -0.15) is 0 Å². The second-order valence-corrected chi connectivity index (χ2v) is 3.30. The molecule has 1 rings (SSSR count). The van der Waals surface area contributed by atoms with E-state index >= 15 is 0 Å². The molecule has 0 radical (unpaired) electrons. The molecule has 0 saturated carbocycles. The van der Waals surface area contributed by atoms with Crippen LogP contribution in [0.2, 0.25) is 0 Å². The van der Waals surface area contributed by atoms with Gasteiger partial charge in [0.1, 0.15) is 11.4 Å². The quantitative estimate of drug-likeness (QED) is 0.753. The maximum absolute atomic E-state index is 12.9. The van der Waals surface area contributed by atoms with Crippen molar-refractivity contribution in [1.82, 2.24) is 4.98 Å². The number of esters is 1. The van der Waals surface area contributed by atoms with Crippen LogP contribution < -0.4 is 11.1 Å². The van der Waals surface area contributed by atoms with E-state index in [1.165, 1.54) is 25.4 Å². The van der Waals surface area contributed by atoms with E-state index in [0.29, 0.717) is 0 Å². The van der Waals surface area contributed by atoms with Crippen LogP contribution in [0.1, 0.15) is 10.4 Å². The number of pyridine rings is 1. The van der Waals surface area contributed by atoms with Crippen molar-refractivity contribution in [3.8, 4) is 0 Å². The lowest BCUT2D eigenvalue weighted by atomic mass is 10.2. The highest BCUT2D eigenvalue weighted by molar-refractivity contribution is 5.94. The monoisotopic (exact) mass is 245 g/mol. The first kappa shape index (κ1) is 13.3. The summed E-state index contributed by atoms with van der Waals surface area (Å²) in [5.74, 6) is -3.64. The van der Waals surface area contributed by atoms with Gasteiger partial charge >= 0.3 is 5.97 Å². The number of hydrogen-bond acceptors (Lipinski definition) is 5. The van der Waals surface area contributed by atoms with Crippen LogP contribution in [-0.4, -0.2) is 37.1 Å². The Kier molecular flexibility index (Phi) is 4.33.